The highest BCUT2D eigenvalue weighted by molar-refractivity contribution is 8.00. The molecule has 0 amide bonds. The molecule has 0 saturated carbocycles. The monoisotopic (exact) mass is 216 g/mol. The molecule has 82 valence electrons. The van der Waals surface area contributed by atoms with Crippen molar-refractivity contribution in [2.45, 2.75) is 69.0 Å². The van der Waals surface area contributed by atoms with E-state index in [1.165, 1.54) is 12.8 Å². The molecule has 0 aromatic rings. The van der Waals surface area contributed by atoms with Gasteiger partial charge in [-0.25, -0.2) is 0 Å². The van der Waals surface area contributed by atoms with Gasteiger partial charge in [0.25, 0.3) is 0 Å². The normalized spacial score (nSPS) is 45.4. The van der Waals surface area contributed by atoms with Gasteiger partial charge in [-0.2, -0.15) is 0 Å². The minimum absolute atomic E-state index is 0.324. The molecule has 0 unspecified atom stereocenters. The van der Waals surface area contributed by atoms with Gasteiger partial charge in [0.05, 0.1) is 0 Å². The molecule has 0 aliphatic carbocycles. The summed E-state index contributed by atoms with van der Waals surface area (Å²) >= 11 is 2.05. The minimum atomic E-state index is -0.364. The first-order valence-electron chi connectivity index (χ1n) is 5.58. The number of fused-ring (bicyclic) bond motifs is 1. The largest absolute Gasteiger partial charge is 0.343 e. The van der Waals surface area contributed by atoms with Crippen LogP contribution in [0.5, 0.6) is 0 Å². The zero-order valence-electron chi connectivity index (χ0n) is 9.45. The van der Waals surface area contributed by atoms with Gasteiger partial charge < -0.3 is 9.47 Å². The summed E-state index contributed by atoms with van der Waals surface area (Å²) in [7, 11) is 0. The fraction of sp³-hybridized carbons (Fsp3) is 1.00. The lowest BCUT2D eigenvalue weighted by Gasteiger charge is -2.22. The number of rotatable bonds is 2. The summed E-state index contributed by atoms with van der Waals surface area (Å²) in [5, 5.41) is 1.26. The highest BCUT2D eigenvalue weighted by Gasteiger charge is 2.53. The number of ether oxygens (including phenoxy) is 2. The second kappa shape index (κ2) is 3.69. The molecule has 0 aromatic carbocycles. The van der Waals surface area contributed by atoms with Crippen molar-refractivity contribution in [1.82, 2.24) is 0 Å². The molecule has 3 heteroatoms. The molecule has 2 rings (SSSR count). The summed E-state index contributed by atoms with van der Waals surface area (Å²) in [5.41, 5.74) is 0. The zero-order chi connectivity index (χ0) is 10.3. The smallest absolute Gasteiger partial charge is 0.163 e. The van der Waals surface area contributed by atoms with Crippen molar-refractivity contribution in [3.05, 3.63) is 0 Å². The van der Waals surface area contributed by atoms with E-state index in [-0.39, 0.29) is 5.79 Å². The van der Waals surface area contributed by atoms with E-state index < -0.39 is 0 Å². The maximum atomic E-state index is 5.97. The molecule has 0 spiro atoms. The summed E-state index contributed by atoms with van der Waals surface area (Å²) in [6.45, 7) is 8.52. The van der Waals surface area contributed by atoms with Gasteiger partial charge in [0.1, 0.15) is 12.2 Å². The predicted molar refractivity (Wildman–Crippen MR) is 59.6 cm³/mol. The summed E-state index contributed by atoms with van der Waals surface area (Å²) in [5.74, 6) is -0.364. The first kappa shape index (κ1) is 10.8. The molecule has 14 heavy (non-hydrogen) atoms. The van der Waals surface area contributed by atoms with Crippen LogP contribution in [0, 0.1) is 0 Å². The van der Waals surface area contributed by atoms with Crippen LogP contribution in [0.3, 0.4) is 0 Å². The first-order chi connectivity index (χ1) is 6.57. The Labute approximate surface area is 90.7 Å². The SMILES string of the molecule is CC[C@H]1S[C@H](CC)[C@@H]2OC(C)(C)O[C@H]21. The fourth-order valence-electron chi connectivity index (χ4n) is 2.43. The molecule has 0 aromatic heterocycles. The summed E-state index contributed by atoms with van der Waals surface area (Å²) in [6, 6.07) is 0. The Morgan fingerprint density at radius 1 is 1.00 bits per heavy atom. The van der Waals surface area contributed by atoms with Gasteiger partial charge in [-0.15, -0.1) is 11.8 Å². The van der Waals surface area contributed by atoms with E-state index >= 15 is 0 Å². The molecule has 0 bridgehead atoms. The van der Waals surface area contributed by atoms with Crippen LogP contribution < -0.4 is 0 Å². The van der Waals surface area contributed by atoms with E-state index in [1.807, 2.05) is 13.8 Å². The Morgan fingerprint density at radius 3 is 1.79 bits per heavy atom. The van der Waals surface area contributed by atoms with Crippen LogP contribution in [0.15, 0.2) is 0 Å². The van der Waals surface area contributed by atoms with Crippen LogP contribution >= 0.6 is 11.8 Å². The first-order valence-corrected chi connectivity index (χ1v) is 6.52. The van der Waals surface area contributed by atoms with Crippen LogP contribution in [0.4, 0.5) is 0 Å². The lowest BCUT2D eigenvalue weighted by Crippen LogP contribution is -2.29. The second-order valence-corrected chi connectivity index (χ2v) is 6.08. The van der Waals surface area contributed by atoms with E-state index in [4.69, 9.17) is 9.47 Å². The molecule has 2 fully saturated rings. The second-order valence-electron chi connectivity index (χ2n) is 4.59. The molecule has 2 aliphatic rings. The number of hydrogen-bond donors (Lipinski definition) is 0. The van der Waals surface area contributed by atoms with Gasteiger partial charge in [-0.05, 0) is 26.7 Å². The van der Waals surface area contributed by atoms with Crippen molar-refractivity contribution < 1.29 is 9.47 Å². The summed E-state index contributed by atoms with van der Waals surface area (Å²) < 4.78 is 11.9. The van der Waals surface area contributed by atoms with Gasteiger partial charge in [-0.1, -0.05) is 13.8 Å². The Hall–Kier alpha value is 0.270. The van der Waals surface area contributed by atoms with Crippen LogP contribution in [0.2, 0.25) is 0 Å². The van der Waals surface area contributed by atoms with Crippen LogP contribution in [-0.2, 0) is 9.47 Å². The number of hydrogen-bond acceptors (Lipinski definition) is 3. The third-order valence-corrected chi connectivity index (χ3v) is 4.95. The van der Waals surface area contributed by atoms with Crippen molar-refractivity contribution >= 4 is 11.8 Å². The quantitative estimate of drug-likeness (QED) is 0.707. The topological polar surface area (TPSA) is 18.5 Å². The van der Waals surface area contributed by atoms with Crippen molar-refractivity contribution in [2.24, 2.45) is 0 Å². The van der Waals surface area contributed by atoms with Gasteiger partial charge in [-0.3, -0.25) is 0 Å². The van der Waals surface area contributed by atoms with E-state index in [0.717, 1.165) is 0 Å². The lowest BCUT2D eigenvalue weighted by molar-refractivity contribution is -0.147. The highest BCUT2D eigenvalue weighted by Crippen LogP contribution is 2.47. The van der Waals surface area contributed by atoms with Crippen molar-refractivity contribution in [2.75, 3.05) is 0 Å². The van der Waals surface area contributed by atoms with E-state index in [2.05, 4.69) is 25.6 Å². The third-order valence-electron chi connectivity index (χ3n) is 3.05. The Morgan fingerprint density at radius 2 is 1.43 bits per heavy atom. The molecular weight excluding hydrogens is 196 g/mol. The maximum absolute atomic E-state index is 5.97. The highest BCUT2D eigenvalue weighted by atomic mass is 32.2. The maximum Gasteiger partial charge on any atom is 0.163 e. The molecule has 2 heterocycles. The predicted octanol–water partition coefficient (Wildman–Crippen LogP) is 2.81. The summed E-state index contributed by atoms with van der Waals surface area (Å²) in [4.78, 5) is 0. The molecule has 2 saturated heterocycles. The van der Waals surface area contributed by atoms with Gasteiger partial charge in [0.2, 0.25) is 0 Å². The van der Waals surface area contributed by atoms with Crippen LogP contribution in [0.25, 0.3) is 0 Å². The molecule has 2 aliphatic heterocycles. The molecular formula is C11H20O2S. The van der Waals surface area contributed by atoms with Crippen molar-refractivity contribution in [3.8, 4) is 0 Å². The van der Waals surface area contributed by atoms with E-state index in [0.29, 0.717) is 22.7 Å². The molecule has 0 radical (unpaired) electrons. The van der Waals surface area contributed by atoms with Crippen molar-refractivity contribution in [3.63, 3.8) is 0 Å². The molecule has 0 N–H and O–H groups in total. The van der Waals surface area contributed by atoms with E-state index in [1.54, 1.807) is 0 Å². The van der Waals surface area contributed by atoms with Crippen LogP contribution in [0.1, 0.15) is 40.5 Å². The van der Waals surface area contributed by atoms with E-state index in [9.17, 15) is 0 Å². The van der Waals surface area contributed by atoms with Gasteiger partial charge >= 0.3 is 0 Å². The molecule has 4 atom stereocenters. The average molecular weight is 216 g/mol. The average Bonchev–Trinajstić information content (AvgIpc) is 2.57. The summed E-state index contributed by atoms with van der Waals surface area (Å²) in [6.07, 6.45) is 3.01. The van der Waals surface area contributed by atoms with Crippen molar-refractivity contribution in [1.29, 1.82) is 0 Å². The standard InChI is InChI=1S/C11H20O2S/c1-5-7-9-10(8(6-2)14-7)13-11(3,4)12-9/h7-10H,5-6H2,1-4H3/t7-,8-,9+,10+/m1/s1. The molecule has 2 nitrogen and oxygen atoms in total. The van der Waals surface area contributed by atoms with Crippen LogP contribution in [-0.4, -0.2) is 28.5 Å². The third kappa shape index (κ3) is 1.70. The fourth-order valence-corrected chi connectivity index (χ4v) is 3.99. The Bertz CT molecular complexity index is 197. The zero-order valence-corrected chi connectivity index (χ0v) is 10.3. The van der Waals surface area contributed by atoms with Gasteiger partial charge in [0, 0.05) is 10.5 Å². The van der Waals surface area contributed by atoms with Gasteiger partial charge in [0.15, 0.2) is 5.79 Å². The lowest BCUT2D eigenvalue weighted by atomic mass is 10.1. The Kier molecular flexibility index (Phi) is 2.84. The number of thioether (sulfide) groups is 1. The minimum Gasteiger partial charge on any atom is -0.343 e. The Balaban J connectivity index is 2.12.